The Morgan fingerprint density at radius 2 is 2.25 bits per heavy atom. The summed E-state index contributed by atoms with van der Waals surface area (Å²) in [6.07, 6.45) is 8.30. The van der Waals surface area contributed by atoms with Crippen molar-refractivity contribution in [2.75, 3.05) is 20.2 Å². The second-order valence-electron chi connectivity index (χ2n) is 6.07. The van der Waals surface area contributed by atoms with Crippen molar-refractivity contribution in [2.45, 2.75) is 50.7 Å². The molecule has 1 atom stereocenters. The third-order valence-electron chi connectivity index (χ3n) is 4.34. The fourth-order valence-electron chi connectivity index (χ4n) is 2.79. The Morgan fingerprint density at radius 1 is 1.35 bits per heavy atom. The van der Waals surface area contributed by atoms with Crippen LogP contribution in [0.2, 0.25) is 0 Å². The summed E-state index contributed by atoms with van der Waals surface area (Å²) in [5.74, 6) is 0.751. The molecule has 2 heterocycles. The SMILES string of the molecule is CN1CCCC1CCOc1ccc(CNC2CC2)cn1. The molecule has 1 aliphatic heterocycles. The summed E-state index contributed by atoms with van der Waals surface area (Å²) in [6.45, 7) is 2.91. The quantitative estimate of drug-likeness (QED) is 0.828. The molecule has 110 valence electrons. The molecule has 0 bridgehead atoms. The van der Waals surface area contributed by atoms with Gasteiger partial charge in [0.2, 0.25) is 5.88 Å². The number of nitrogens with one attached hydrogen (secondary N) is 1. The van der Waals surface area contributed by atoms with E-state index in [-0.39, 0.29) is 0 Å². The number of rotatable bonds is 7. The fourth-order valence-corrected chi connectivity index (χ4v) is 2.79. The summed E-state index contributed by atoms with van der Waals surface area (Å²) >= 11 is 0. The van der Waals surface area contributed by atoms with Crippen molar-refractivity contribution in [3.05, 3.63) is 23.9 Å². The summed E-state index contributed by atoms with van der Waals surface area (Å²) in [7, 11) is 2.21. The number of hydrogen-bond acceptors (Lipinski definition) is 4. The van der Waals surface area contributed by atoms with Crippen LogP contribution in [-0.2, 0) is 6.54 Å². The first-order valence-corrected chi connectivity index (χ1v) is 7.82. The lowest BCUT2D eigenvalue weighted by Gasteiger charge is -2.19. The fraction of sp³-hybridized carbons (Fsp3) is 0.688. The molecule has 3 rings (SSSR count). The molecule has 0 radical (unpaired) electrons. The van der Waals surface area contributed by atoms with Crippen LogP contribution in [0.1, 0.15) is 37.7 Å². The van der Waals surface area contributed by atoms with Gasteiger partial charge in [-0.2, -0.15) is 0 Å². The number of ether oxygens (including phenoxy) is 1. The second kappa shape index (κ2) is 6.55. The lowest BCUT2D eigenvalue weighted by Crippen LogP contribution is -2.26. The first-order valence-electron chi connectivity index (χ1n) is 7.82. The van der Waals surface area contributed by atoms with Gasteiger partial charge in [-0.1, -0.05) is 6.07 Å². The van der Waals surface area contributed by atoms with Crippen molar-refractivity contribution in [2.24, 2.45) is 0 Å². The van der Waals surface area contributed by atoms with E-state index in [1.807, 2.05) is 12.3 Å². The second-order valence-corrected chi connectivity index (χ2v) is 6.07. The Hall–Kier alpha value is -1.13. The monoisotopic (exact) mass is 275 g/mol. The Kier molecular flexibility index (Phi) is 4.53. The average Bonchev–Trinajstić information content (AvgIpc) is 3.21. The Bertz CT molecular complexity index is 416. The van der Waals surface area contributed by atoms with E-state index >= 15 is 0 Å². The average molecular weight is 275 g/mol. The predicted molar refractivity (Wildman–Crippen MR) is 79.9 cm³/mol. The molecule has 2 aliphatic rings. The Labute approximate surface area is 121 Å². The molecule has 1 saturated heterocycles. The van der Waals surface area contributed by atoms with E-state index in [9.17, 15) is 0 Å². The highest BCUT2D eigenvalue weighted by Gasteiger charge is 2.21. The van der Waals surface area contributed by atoms with Gasteiger partial charge in [-0.05, 0) is 51.3 Å². The van der Waals surface area contributed by atoms with Gasteiger partial charge in [0.05, 0.1) is 6.61 Å². The molecule has 0 spiro atoms. The number of aromatic nitrogens is 1. The summed E-state index contributed by atoms with van der Waals surface area (Å²) in [4.78, 5) is 6.82. The van der Waals surface area contributed by atoms with Gasteiger partial charge < -0.3 is 15.0 Å². The van der Waals surface area contributed by atoms with E-state index in [2.05, 4.69) is 28.3 Å². The van der Waals surface area contributed by atoms with Crippen molar-refractivity contribution in [1.82, 2.24) is 15.2 Å². The largest absolute Gasteiger partial charge is 0.478 e. The van der Waals surface area contributed by atoms with Gasteiger partial charge in [-0.15, -0.1) is 0 Å². The highest BCUT2D eigenvalue weighted by atomic mass is 16.5. The molecule has 0 amide bonds. The van der Waals surface area contributed by atoms with E-state index in [0.29, 0.717) is 6.04 Å². The van der Waals surface area contributed by atoms with Gasteiger partial charge in [0.15, 0.2) is 0 Å². The lowest BCUT2D eigenvalue weighted by atomic mass is 10.1. The topological polar surface area (TPSA) is 37.4 Å². The minimum atomic E-state index is 0.692. The number of pyridine rings is 1. The first kappa shape index (κ1) is 13.8. The van der Waals surface area contributed by atoms with Crippen LogP contribution in [0.15, 0.2) is 18.3 Å². The first-order chi connectivity index (χ1) is 9.81. The van der Waals surface area contributed by atoms with E-state index in [4.69, 9.17) is 4.74 Å². The highest BCUT2D eigenvalue weighted by molar-refractivity contribution is 5.17. The van der Waals surface area contributed by atoms with Crippen molar-refractivity contribution in [1.29, 1.82) is 0 Å². The van der Waals surface area contributed by atoms with E-state index in [1.54, 1.807) is 0 Å². The molecule has 4 nitrogen and oxygen atoms in total. The molecule has 2 fully saturated rings. The Balaban J connectivity index is 1.38. The van der Waals surface area contributed by atoms with Crippen LogP contribution < -0.4 is 10.1 Å². The van der Waals surface area contributed by atoms with Crippen LogP contribution in [0.4, 0.5) is 0 Å². The van der Waals surface area contributed by atoms with Gasteiger partial charge in [0, 0.05) is 30.9 Å². The van der Waals surface area contributed by atoms with Gasteiger partial charge in [-0.3, -0.25) is 0 Å². The molecule has 1 saturated carbocycles. The molecule has 4 heteroatoms. The van der Waals surface area contributed by atoms with E-state index in [0.717, 1.165) is 31.5 Å². The summed E-state index contributed by atoms with van der Waals surface area (Å²) < 4.78 is 5.75. The zero-order valence-electron chi connectivity index (χ0n) is 12.3. The molecule has 0 aromatic carbocycles. The molecular formula is C16H25N3O. The van der Waals surface area contributed by atoms with Crippen LogP contribution in [0.3, 0.4) is 0 Å². The molecule has 1 aliphatic carbocycles. The minimum Gasteiger partial charge on any atom is -0.478 e. The molecule has 20 heavy (non-hydrogen) atoms. The normalized spacial score (nSPS) is 23.1. The van der Waals surface area contributed by atoms with Gasteiger partial charge in [0.25, 0.3) is 0 Å². The standard InChI is InChI=1S/C16H25N3O/c1-19-9-2-3-15(19)8-10-20-16-7-4-13(12-18-16)11-17-14-5-6-14/h4,7,12,14-15,17H,2-3,5-6,8-11H2,1H3. The van der Waals surface area contributed by atoms with Crippen molar-refractivity contribution >= 4 is 0 Å². The van der Waals surface area contributed by atoms with Crippen LogP contribution in [-0.4, -0.2) is 42.2 Å². The smallest absolute Gasteiger partial charge is 0.213 e. The maximum atomic E-state index is 5.75. The van der Waals surface area contributed by atoms with Crippen molar-refractivity contribution < 1.29 is 4.74 Å². The predicted octanol–water partition coefficient (Wildman–Crippen LogP) is 2.20. The number of hydrogen-bond donors (Lipinski definition) is 1. The highest BCUT2D eigenvalue weighted by Crippen LogP contribution is 2.20. The molecule has 1 aromatic rings. The van der Waals surface area contributed by atoms with Gasteiger partial charge in [-0.25, -0.2) is 4.98 Å². The van der Waals surface area contributed by atoms with Crippen LogP contribution in [0.25, 0.3) is 0 Å². The van der Waals surface area contributed by atoms with Crippen LogP contribution in [0, 0.1) is 0 Å². The van der Waals surface area contributed by atoms with E-state index < -0.39 is 0 Å². The molecule has 1 unspecified atom stereocenters. The van der Waals surface area contributed by atoms with Crippen molar-refractivity contribution in [3.8, 4) is 5.88 Å². The lowest BCUT2D eigenvalue weighted by molar-refractivity contribution is 0.228. The summed E-state index contributed by atoms with van der Waals surface area (Å²) in [5.41, 5.74) is 1.24. The summed E-state index contributed by atoms with van der Waals surface area (Å²) in [6, 6.07) is 5.54. The van der Waals surface area contributed by atoms with E-state index in [1.165, 1.54) is 37.8 Å². The van der Waals surface area contributed by atoms with Crippen LogP contribution >= 0.6 is 0 Å². The van der Waals surface area contributed by atoms with Gasteiger partial charge in [0.1, 0.15) is 0 Å². The zero-order valence-corrected chi connectivity index (χ0v) is 12.3. The summed E-state index contributed by atoms with van der Waals surface area (Å²) in [5, 5.41) is 3.49. The molecule has 1 N–H and O–H groups in total. The molecule has 1 aromatic heterocycles. The third kappa shape index (κ3) is 3.93. The minimum absolute atomic E-state index is 0.692. The van der Waals surface area contributed by atoms with Crippen molar-refractivity contribution in [3.63, 3.8) is 0 Å². The van der Waals surface area contributed by atoms with Crippen LogP contribution in [0.5, 0.6) is 5.88 Å². The molecular weight excluding hydrogens is 250 g/mol. The number of likely N-dealkylation sites (tertiary alicyclic amines) is 1. The maximum Gasteiger partial charge on any atom is 0.213 e. The third-order valence-corrected chi connectivity index (χ3v) is 4.34. The number of nitrogens with zero attached hydrogens (tertiary/aromatic N) is 2. The maximum absolute atomic E-state index is 5.75. The van der Waals surface area contributed by atoms with Gasteiger partial charge >= 0.3 is 0 Å². The Morgan fingerprint density at radius 3 is 2.90 bits per heavy atom. The zero-order chi connectivity index (χ0) is 13.8.